The molecule has 0 bridgehead atoms. The molecule has 0 aromatic carbocycles. The molecule has 0 amide bonds. The molecule has 0 fully saturated rings. The van der Waals surface area contributed by atoms with Crippen molar-refractivity contribution >= 4 is 23.2 Å². The molecule has 0 N–H and O–H groups in total. The van der Waals surface area contributed by atoms with Crippen LogP contribution in [0.15, 0.2) is 46.0 Å². The maximum Gasteiger partial charge on any atom is 0.267 e. The summed E-state index contributed by atoms with van der Waals surface area (Å²) in [5.74, 6) is 0.855. The molecule has 152 valence electrons. The van der Waals surface area contributed by atoms with E-state index in [-0.39, 0.29) is 17.3 Å². The highest BCUT2D eigenvalue weighted by molar-refractivity contribution is 6.32. The smallest absolute Gasteiger partial charge is 0.267 e. The second-order valence-corrected chi connectivity index (χ2v) is 7.06. The van der Waals surface area contributed by atoms with Gasteiger partial charge in [0.25, 0.3) is 5.56 Å². The van der Waals surface area contributed by atoms with Crippen LogP contribution in [0.1, 0.15) is 11.3 Å². The van der Waals surface area contributed by atoms with Crippen LogP contribution in [0.25, 0.3) is 22.5 Å². The molecule has 0 spiro atoms. The zero-order chi connectivity index (χ0) is 21.3. The molecule has 0 aliphatic carbocycles. The summed E-state index contributed by atoms with van der Waals surface area (Å²) in [5, 5.41) is 16.7. The zero-order valence-electron chi connectivity index (χ0n) is 15.8. The zero-order valence-corrected chi connectivity index (χ0v) is 17.3. The summed E-state index contributed by atoms with van der Waals surface area (Å²) in [5.41, 5.74) is 2.54. The number of aryl methyl sites for hydroxylation is 1. The van der Waals surface area contributed by atoms with Gasteiger partial charge in [-0.25, -0.2) is 9.67 Å². The third-order valence-electron chi connectivity index (χ3n) is 4.37. The standard InChI is InChI=1S/C19H14Cl2N6O3/c1-10-13(18(26-30-10)15-3-4-16(21)25-24-15)9-27-17(28)6-12(8-23-27)11-5-14(20)19(29-2)22-7-11/h3-8H,9H2,1-2H3. The van der Waals surface area contributed by atoms with E-state index in [1.54, 1.807) is 37.5 Å². The van der Waals surface area contributed by atoms with E-state index in [0.717, 1.165) is 0 Å². The van der Waals surface area contributed by atoms with Crippen molar-refractivity contribution in [1.29, 1.82) is 0 Å². The molecule has 4 heterocycles. The van der Waals surface area contributed by atoms with Crippen LogP contribution < -0.4 is 10.3 Å². The molecule has 4 aromatic rings. The molecule has 4 aromatic heterocycles. The third kappa shape index (κ3) is 3.89. The first-order valence-electron chi connectivity index (χ1n) is 8.68. The van der Waals surface area contributed by atoms with Crippen molar-refractivity contribution < 1.29 is 9.26 Å². The Balaban J connectivity index is 1.66. The number of aromatic nitrogens is 6. The van der Waals surface area contributed by atoms with Gasteiger partial charge in [0.05, 0.1) is 19.9 Å². The molecule has 0 saturated heterocycles. The molecule has 30 heavy (non-hydrogen) atoms. The first-order chi connectivity index (χ1) is 14.5. The number of halogens is 2. The lowest BCUT2D eigenvalue weighted by Crippen LogP contribution is -2.23. The summed E-state index contributed by atoms with van der Waals surface area (Å²) in [7, 11) is 1.48. The fourth-order valence-electron chi connectivity index (χ4n) is 2.81. The molecule has 11 heteroatoms. The van der Waals surface area contributed by atoms with Gasteiger partial charge in [0.1, 0.15) is 22.2 Å². The van der Waals surface area contributed by atoms with E-state index in [4.69, 9.17) is 32.5 Å². The Morgan fingerprint density at radius 1 is 1.13 bits per heavy atom. The summed E-state index contributed by atoms with van der Waals surface area (Å²) < 4.78 is 11.6. The van der Waals surface area contributed by atoms with Gasteiger partial charge in [-0.1, -0.05) is 28.4 Å². The Morgan fingerprint density at radius 3 is 2.60 bits per heavy atom. The van der Waals surface area contributed by atoms with Crippen LogP contribution >= 0.6 is 23.2 Å². The molecule has 4 rings (SSSR count). The molecule has 0 aliphatic rings. The summed E-state index contributed by atoms with van der Waals surface area (Å²) in [6.45, 7) is 1.90. The van der Waals surface area contributed by atoms with E-state index in [9.17, 15) is 4.79 Å². The minimum absolute atomic E-state index is 0.149. The highest BCUT2D eigenvalue weighted by Crippen LogP contribution is 2.27. The second kappa shape index (κ2) is 8.21. The van der Waals surface area contributed by atoms with Crippen LogP contribution in [-0.4, -0.2) is 37.2 Å². The van der Waals surface area contributed by atoms with Crippen molar-refractivity contribution in [1.82, 2.24) is 30.1 Å². The topological polar surface area (TPSA) is 109 Å². The summed E-state index contributed by atoms with van der Waals surface area (Å²) in [6.07, 6.45) is 3.12. The Labute approximate surface area is 180 Å². The number of hydrogen-bond donors (Lipinski definition) is 0. The predicted molar refractivity (Wildman–Crippen MR) is 110 cm³/mol. The summed E-state index contributed by atoms with van der Waals surface area (Å²) in [6, 6.07) is 6.40. The average Bonchev–Trinajstić information content (AvgIpc) is 3.10. The normalized spacial score (nSPS) is 10.9. The van der Waals surface area contributed by atoms with Gasteiger partial charge in [-0.3, -0.25) is 4.79 Å². The molecule has 0 saturated carbocycles. The molecule has 0 atom stereocenters. The van der Waals surface area contributed by atoms with Crippen LogP contribution in [0.3, 0.4) is 0 Å². The van der Waals surface area contributed by atoms with E-state index in [0.29, 0.717) is 44.7 Å². The number of pyridine rings is 1. The quantitative estimate of drug-likeness (QED) is 0.460. The van der Waals surface area contributed by atoms with Crippen LogP contribution in [0, 0.1) is 6.92 Å². The first kappa shape index (κ1) is 20.0. The van der Waals surface area contributed by atoms with Gasteiger partial charge in [-0.05, 0) is 25.1 Å². The maximum atomic E-state index is 12.7. The number of methoxy groups -OCH3 is 1. The van der Waals surface area contributed by atoms with E-state index in [1.807, 2.05) is 0 Å². The lowest BCUT2D eigenvalue weighted by Gasteiger charge is -2.08. The first-order valence-corrected chi connectivity index (χ1v) is 9.43. The molecular formula is C19H14Cl2N6O3. The number of nitrogens with zero attached hydrogens (tertiary/aromatic N) is 6. The highest BCUT2D eigenvalue weighted by Gasteiger charge is 2.18. The lowest BCUT2D eigenvalue weighted by molar-refractivity contribution is 0.397. The fraction of sp³-hybridized carbons (Fsp3) is 0.158. The lowest BCUT2D eigenvalue weighted by atomic mass is 10.1. The van der Waals surface area contributed by atoms with Gasteiger partial charge in [0.15, 0.2) is 5.15 Å². The van der Waals surface area contributed by atoms with E-state index in [1.165, 1.54) is 17.9 Å². The van der Waals surface area contributed by atoms with E-state index >= 15 is 0 Å². The van der Waals surface area contributed by atoms with Crippen molar-refractivity contribution in [2.75, 3.05) is 7.11 Å². The molecule has 0 unspecified atom stereocenters. The van der Waals surface area contributed by atoms with Crippen molar-refractivity contribution in [3.05, 3.63) is 68.5 Å². The van der Waals surface area contributed by atoms with Crippen molar-refractivity contribution in [3.63, 3.8) is 0 Å². The van der Waals surface area contributed by atoms with Crippen molar-refractivity contribution in [3.8, 4) is 28.4 Å². The largest absolute Gasteiger partial charge is 0.480 e. The third-order valence-corrected chi connectivity index (χ3v) is 4.84. The number of rotatable bonds is 5. The minimum Gasteiger partial charge on any atom is -0.480 e. The average molecular weight is 445 g/mol. The molecular weight excluding hydrogens is 431 g/mol. The minimum atomic E-state index is -0.312. The highest BCUT2D eigenvalue weighted by atomic mass is 35.5. The Bertz CT molecular complexity index is 1270. The van der Waals surface area contributed by atoms with E-state index in [2.05, 4.69) is 25.4 Å². The molecule has 0 aliphatic heterocycles. The monoisotopic (exact) mass is 444 g/mol. The van der Waals surface area contributed by atoms with Crippen molar-refractivity contribution in [2.24, 2.45) is 0 Å². The van der Waals surface area contributed by atoms with Crippen LogP contribution in [0.4, 0.5) is 0 Å². The van der Waals surface area contributed by atoms with E-state index < -0.39 is 0 Å². The van der Waals surface area contributed by atoms with Gasteiger partial charge in [0, 0.05) is 29.0 Å². The van der Waals surface area contributed by atoms with Crippen molar-refractivity contribution in [2.45, 2.75) is 13.5 Å². The van der Waals surface area contributed by atoms with Gasteiger partial charge in [0.2, 0.25) is 5.88 Å². The predicted octanol–water partition coefficient (Wildman–Crippen LogP) is 3.42. The summed E-state index contributed by atoms with van der Waals surface area (Å²) >= 11 is 11.9. The van der Waals surface area contributed by atoms with Gasteiger partial charge in [-0.15, -0.1) is 10.2 Å². The second-order valence-electron chi connectivity index (χ2n) is 6.26. The van der Waals surface area contributed by atoms with Gasteiger partial charge in [-0.2, -0.15) is 5.10 Å². The Kier molecular flexibility index (Phi) is 5.47. The molecule has 0 radical (unpaired) electrons. The number of ether oxygens (including phenoxy) is 1. The Morgan fingerprint density at radius 2 is 1.93 bits per heavy atom. The SMILES string of the molecule is COc1ncc(-c2cnn(Cc3c(-c4ccc(Cl)nn4)noc3C)c(=O)c2)cc1Cl. The number of hydrogen-bond acceptors (Lipinski definition) is 8. The Hall–Kier alpha value is -3.30. The van der Waals surface area contributed by atoms with Gasteiger partial charge < -0.3 is 9.26 Å². The summed E-state index contributed by atoms with van der Waals surface area (Å²) in [4.78, 5) is 16.8. The maximum absolute atomic E-state index is 12.7. The van der Waals surface area contributed by atoms with Crippen LogP contribution in [0.5, 0.6) is 5.88 Å². The molecule has 9 nitrogen and oxygen atoms in total. The van der Waals surface area contributed by atoms with Crippen LogP contribution in [-0.2, 0) is 6.54 Å². The van der Waals surface area contributed by atoms with Crippen LogP contribution in [0.2, 0.25) is 10.2 Å². The fourth-order valence-corrected chi connectivity index (χ4v) is 3.16. The van der Waals surface area contributed by atoms with Gasteiger partial charge >= 0.3 is 0 Å².